The maximum Gasteiger partial charge on any atom is 0.174 e. The van der Waals surface area contributed by atoms with Gasteiger partial charge in [-0.3, -0.25) is 0 Å². The van der Waals surface area contributed by atoms with Gasteiger partial charge in [0.15, 0.2) is 7.14 Å². The number of aromatic nitrogens is 2. The third-order valence-electron chi connectivity index (χ3n) is 9.72. The molecule has 0 spiro atoms. The Morgan fingerprint density at radius 3 is 1.48 bits per heavy atom. The van der Waals surface area contributed by atoms with Crippen molar-refractivity contribution in [3.8, 4) is 22.5 Å². The summed E-state index contributed by atoms with van der Waals surface area (Å²) in [6.07, 6.45) is 0. The van der Waals surface area contributed by atoms with Crippen molar-refractivity contribution in [2.45, 2.75) is 0 Å². The average Bonchev–Trinajstić information content (AvgIpc) is 3.73. The van der Waals surface area contributed by atoms with Gasteiger partial charge in [0, 0.05) is 37.8 Å². The summed E-state index contributed by atoms with van der Waals surface area (Å²) in [6, 6.07) is 57.2. The van der Waals surface area contributed by atoms with Crippen LogP contribution in [0.1, 0.15) is 0 Å². The number of fused-ring (bicyclic) bond motifs is 9. The summed E-state index contributed by atoms with van der Waals surface area (Å²) in [5, 5.41) is 7.48. The Hall–Kier alpha value is -5.63. The van der Waals surface area contributed by atoms with E-state index in [1.54, 1.807) is 0 Å². The van der Waals surface area contributed by atoms with Crippen LogP contribution in [-0.4, -0.2) is 9.13 Å². The molecule has 1 atom stereocenters. The monoisotopic (exact) mass is 606 g/mol. The number of benzene rings is 7. The van der Waals surface area contributed by atoms with Crippen LogP contribution < -0.4 is 15.9 Å². The summed E-state index contributed by atoms with van der Waals surface area (Å²) in [4.78, 5) is 0. The zero-order chi connectivity index (χ0) is 30.4. The van der Waals surface area contributed by atoms with Crippen molar-refractivity contribution in [3.63, 3.8) is 0 Å². The number of hydrogen-bond donors (Lipinski definition) is 0. The lowest BCUT2D eigenvalue weighted by Crippen LogP contribution is -2.23. The molecule has 10 rings (SSSR count). The van der Waals surface area contributed by atoms with Gasteiger partial charge in [-0.15, -0.1) is 0 Å². The maximum atomic E-state index is 16.1. The standard InChI is InChI=1S/C42H27N2OP/c45-46(29-13-2-1-3-14-29)41-26-25-28(43-36-20-8-4-15-30(36)31-16-5-9-21-37(31)43)27-35(41)34-19-12-24-40(42(34)46)44-38-22-10-6-17-32(38)33-18-7-11-23-39(33)44/h1-27H. The Morgan fingerprint density at radius 1 is 0.413 bits per heavy atom. The Balaban J connectivity index is 1.31. The van der Waals surface area contributed by atoms with Gasteiger partial charge in [-0.2, -0.15) is 0 Å². The van der Waals surface area contributed by atoms with Crippen molar-refractivity contribution < 1.29 is 4.57 Å². The Kier molecular flexibility index (Phi) is 5.27. The second-order valence-corrected chi connectivity index (χ2v) is 14.7. The molecule has 4 heteroatoms. The molecule has 2 aromatic heterocycles. The molecule has 0 N–H and O–H groups in total. The second-order valence-electron chi connectivity index (χ2n) is 12.1. The van der Waals surface area contributed by atoms with Crippen LogP contribution in [0.4, 0.5) is 0 Å². The molecule has 216 valence electrons. The first kappa shape index (κ1) is 25.7. The first-order valence-corrected chi connectivity index (χ1v) is 17.4. The van der Waals surface area contributed by atoms with Crippen molar-refractivity contribution in [1.82, 2.24) is 9.13 Å². The van der Waals surface area contributed by atoms with Crippen molar-refractivity contribution in [3.05, 3.63) is 164 Å². The van der Waals surface area contributed by atoms with E-state index >= 15 is 4.57 Å². The second kappa shape index (κ2) is 9.44. The highest BCUT2D eigenvalue weighted by Gasteiger charge is 2.43. The highest BCUT2D eigenvalue weighted by Crippen LogP contribution is 2.54. The molecule has 9 aromatic rings. The largest absolute Gasteiger partial charge is 0.309 e. The molecular weight excluding hydrogens is 579 g/mol. The van der Waals surface area contributed by atoms with E-state index < -0.39 is 7.14 Å². The average molecular weight is 607 g/mol. The Bertz CT molecular complexity index is 2630. The summed E-state index contributed by atoms with van der Waals surface area (Å²) in [6.45, 7) is 0. The molecular formula is C42H27N2OP. The molecule has 0 amide bonds. The van der Waals surface area contributed by atoms with E-state index in [1.807, 2.05) is 30.3 Å². The fourth-order valence-electron chi connectivity index (χ4n) is 7.82. The molecule has 0 radical (unpaired) electrons. The first-order valence-electron chi connectivity index (χ1n) is 15.6. The minimum Gasteiger partial charge on any atom is -0.309 e. The van der Waals surface area contributed by atoms with Crippen LogP contribution >= 0.6 is 7.14 Å². The van der Waals surface area contributed by atoms with Gasteiger partial charge in [-0.05, 0) is 59.7 Å². The van der Waals surface area contributed by atoms with Crippen LogP contribution in [0, 0.1) is 0 Å². The van der Waals surface area contributed by atoms with Crippen LogP contribution in [0.15, 0.2) is 164 Å². The van der Waals surface area contributed by atoms with Crippen molar-refractivity contribution >= 4 is 66.7 Å². The minimum atomic E-state index is -3.26. The van der Waals surface area contributed by atoms with Crippen molar-refractivity contribution in [2.75, 3.05) is 0 Å². The van der Waals surface area contributed by atoms with Crippen LogP contribution in [0.25, 0.3) is 66.1 Å². The number of nitrogens with zero attached hydrogens (tertiary/aromatic N) is 2. The lowest BCUT2D eigenvalue weighted by Gasteiger charge is -2.20. The van der Waals surface area contributed by atoms with Gasteiger partial charge >= 0.3 is 0 Å². The summed E-state index contributed by atoms with van der Waals surface area (Å²) < 4.78 is 20.7. The van der Waals surface area contributed by atoms with Gasteiger partial charge in [0.1, 0.15) is 0 Å². The highest BCUT2D eigenvalue weighted by molar-refractivity contribution is 7.86. The number of rotatable bonds is 3. The molecule has 1 aliphatic heterocycles. The summed E-state index contributed by atoms with van der Waals surface area (Å²) in [5.41, 5.74) is 8.63. The van der Waals surface area contributed by atoms with Crippen LogP contribution in [0.5, 0.6) is 0 Å². The molecule has 3 heterocycles. The van der Waals surface area contributed by atoms with E-state index in [2.05, 4.69) is 143 Å². The lowest BCUT2D eigenvalue weighted by atomic mass is 10.0. The van der Waals surface area contributed by atoms with E-state index in [0.717, 1.165) is 60.5 Å². The minimum absolute atomic E-state index is 0.854. The third kappa shape index (κ3) is 3.30. The predicted molar refractivity (Wildman–Crippen MR) is 194 cm³/mol. The van der Waals surface area contributed by atoms with Gasteiger partial charge in [0.25, 0.3) is 0 Å². The Labute approximate surface area is 266 Å². The normalized spacial score (nSPS) is 15.6. The first-order chi connectivity index (χ1) is 22.7. The molecule has 3 nitrogen and oxygen atoms in total. The molecule has 7 aromatic carbocycles. The van der Waals surface area contributed by atoms with E-state index in [1.165, 1.54) is 21.5 Å². The zero-order valence-electron chi connectivity index (χ0n) is 24.8. The molecule has 46 heavy (non-hydrogen) atoms. The Morgan fingerprint density at radius 2 is 0.913 bits per heavy atom. The van der Waals surface area contributed by atoms with E-state index in [9.17, 15) is 0 Å². The van der Waals surface area contributed by atoms with Crippen LogP contribution in [-0.2, 0) is 4.57 Å². The van der Waals surface area contributed by atoms with E-state index in [-0.39, 0.29) is 0 Å². The predicted octanol–water partition coefficient (Wildman–Crippen LogP) is 9.50. The summed E-state index contributed by atoms with van der Waals surface area (Å²) >= 11 is 0. The molecule has 0 aliphatic carbocycles. The molecule has 0 saturated heterocycles. The maximum absolute atomic E-state index is 16.1. The number of hydrogen-bond acceptors (Lipinski definition) is 1. The van der Waals surface area contributed by atoms with Gasteiger partial charge < -0.3 is 13.7 Å². The van der Waals surface area contributed by atoms with E-state index in [4.69, 9.17) is 0 Å². The summed E-state index contributed by atoms with van der Waals surface area (Å²) in [7, 11) is -3.26. The topological polar surface area (TPSA) is 26.9 Å². The fourth-order valence-corrected chi connectivity index (χ4v) is 11.0. The molecule has 0 saturated carbocycles. The van der Waals surface area contributed by atoms with Gasteiger partial charge in [-0.25, -0.2) is 0 Å². The van der Waals surface area contributed by atoms with Crippen LogP contribution in [0.2, 0.25) is 0 Å². The fraction of sp³-hybridized carbons (Fsp3) is 0. The van der Waals surface area contributed by atoms with Gasteiger partial charge in [-0.1, -0.05) is 115 Å². The SMILES string of the molecule is O=P1(c2ccccc2)c2ccc(-n3c4ccccc4c4ccccc43)cc2-c2cccc(-n3c4ccccc4c4ccccc43)c21. The lowest BCUT2D eigenvalue weighted by molar-refractivity contribution is 0.593. The summed E-state index contributed by atoms with van der Waals surface area (Å²) in [5.74, 6) is 0. The smallest absolute Gasteiger partial charge is 0.174 e. The zero-order valence-corrected chi connectivity index (χ0v) is 25.7. The molecule has 1 aliphatic rings. The van der Waals surface area contributed by atoms with Gasteiger partial charge in [0.05, 0.1) is 33.1 Å². The van der Waals surface area contributed by atoms with Crippen LogP contribution in [0.3, 0.4) is 0 Å². The molecule has 0 bridgehead atoms. The molecule has 1 unspecified atom stereocenters. The van der Waals surface area contributed by atoms with Gasteiger partial charge in [0.2, 0.25) is 0 Å². The number of para-hydroxylation sites is 4. The quantitative estimate of drug-likeness (QED) is 0.184. The third-order valence-corrected chi connectivity index (χ3v) is 12.9. The highest BCUT2D eigenvalue weighted by atomic mass is 31.2. The van der Waals surface area contributed by atoms with Crippen molar-refractivity contribution in [1.29, 1.82) is 0 Å². The molecule has 0 fully saturated rings. The van der Waals surface area contributed by atoms with E-state index in [0.29, 0.717) is 0 Å². The van der Waals surface area contributed by atoms with Crippen molar-refractivity contribution in [2.24, 2.45) is 0 Å².